The van der Waals surface area contributed by atoms with Gasteiger partial charge in [0, 0.05) is 36.7 Å². The molecule has 1 aliphatic rings. The molecule has 1 aromatic carbocycles. The van der Waals surface area contributed by atoms with Crippen molar-refractivity contribution in [3.05, 3.63) is 35.8 Å². The Morgan fingerprint density at radius 2 is 2.20 bits per heavy atom. The number of hydrogen-bond donors (Lipinski definition) is 2. The van der Waals surface area contributed by atoms with Crippen LogP contribution in [0, 0.1) is 5.82 Å². The van der Waals surface area contributed by atoms with Gasteiger partial charge < -0.3 is 15.2 Å². The van der Waals surface area contributed by atoms with Crippen molar-refractivity contribution < 1.29 is 9.18 Å². The monoisotopic (exact) mass is 275 g/mol. The molecule has 2 aromatic rings. The minimum atomic E-state index is -0.273. The van der Waals surface area contributed by atoms with Gasteiger partial charge in [-0.05, 0) is 36.7 Å². The maximum absolute atomic E-state index is 13.3. The van der Waals surface area contributed by atoms with Crippen LogP contribution in [0.25, 0.3) is 10.9 Å². The molecule has 20 heavy (non-hydrogen) atoms. The van der Waals surface area contributed by atoms with Crippen LogP contribution < -0.4 is 5.32 Å². The van der Waals surface area contributed by atoms with Crippen molar-refractivity contribution in [2.24, 2.45) is 0 Å². The maximum atomic E-state index is 13.3. The Labute approximate surface area is 117 Å². The summed E-state index contributed by atoms with van der Waals surface area (Å²) in [6.07, 6.45) is 3.11. The highest BCUT2D eigenvalue weighted by Gasteiger charge is 2.17. The number of aromatic nitrogens is 1. The Bertz CT molecular complexity index is 615. The number of carbonyl (C=O) groups is 1. The number of H-pyrrole nitrogens is 1. The first kappa shape index (κ1) is 13.1. The molecule has 0 radical (unpaired) electrons. The van der Waals surface area contributed by atoms with Crippen LogP contribution in [-0.2, 0) is 11.2 Å². The molecule has 0 atom stereocenters. The molecule has 1 amide bonds. The van der Waals surface area contributed by atoms with Gasteiger partial charge in [-0.25, -0.2) is 4.39 Å². The van der Waals surface area contributed by atoms with E-state index in [1.807, 2.05) is 4.90 Å². The molecule has 3 rings (SSSR count). The second kappa shape index (κ2) is 5.63. The predicted octanol–water partition coefficient (Wildman–Crippen LogP) is 1.67. The molecular weight excluding hydrogens is 257 g/mol. The summed E-state index contributed by atoms with van der Waals surface area (Å²) in [5.74, 6) is -0.163. The molecule has 1 aromatic heterocycles. The first-order valence-electron chi connectivity index (χ1n) is 6.98. The van der Waals surface area contributed by atoms with Gasteiger partial charge in [-0.3, -0.25) is 4.79 Å². The fourth-order valence-electron chi connectivity index (χ4n) is 2.67. The van der Waals surface area contributed by atoms with Crippen LogP contribution in [0.3, 0.4) is 0 Å². The number of halogens is 1. The van der Waals surface area contributed by atoms with Crippen LogP contribution in [0.2, 0.25) is 0 Å². The number of aromatic amines is 1. The highest BCUT2D eigenvalue weighted by molar-refractivity contribution is 5.89. The number of nitrogens with zero attached hydrogens (tertiary/aromatic N) is 1. The number of nitrogens with one attached hydrogen (secondary N) is 2. The highest BCUT2D eigenvalue weighted by atomic mass is 19.1. The summed E-state index contributed by atoms with van der Waals surface area (Å²) in [6, 6.07) is 4.61. The van der Waals surface area contributed by atoms with E-state index in [2.05, 4.69) is 10.3 Å². The van der Waals surface area contributed by atoms with Gasteiger partial charge in [0.25, 0.3) is 0 Å². The molecule has 0 saturated carbocycles. The van der Waals surface area contributed by atoms with Crippen LogP contribution in [0.5, 0.6) is 0 Å². The SMILES string of the molecule is O=C(Cc1c[nH]c2ccc(F)cc12)N1CCCNCC1. The van der Waals surface area contributed by atoms with Crippen molar-refractivity contribution >= 4 is 16.8 Å². The lowest BCUT2D eigenvalue weighted by molar-refractivity contribution is -0.130. The Morgan fingerprint density at radius 3 is 3.10 bits per heavy atom. The Morgan fingerprint density at radius 1 is 1.30 bits per heavy atom. The quantitative estimate of drug-likeness (QED) is 0.876. The molecule has 1 fully saturated rings. The van der Waals surface area contributed by atoms with E-state index >= 15 is 0 Å². The molecular formula is C15H18FN3O. The zero-order valence-electron chi connectivity index (χ0n) is 11.3. The van der Waals surface area contributed by atoms with Crippen LogP contribution >= 0.6 is 0 Å². The second-order valence-corrected chi connectivity index (χ2v) is 5.16. The van der Waals surface area contributed by atoms with E-state index in [0.29, 0.717) is 6.42 Å². The summed E-state index contributed by atoms with van der Waals surface area (Å²) < 4.78 is 13.3. The summed E-state index contributed by atoms with van der Waals surface area (Å²) >= 11 is 0. The third-order valence-electron chi connectivity index (χ3n) is 3.76. The summed E-state index contributed by atoms with van der Waals surface area (Å²) in [5.41, 5.74) is 1.73. The molecule has 0 aliphatic carbocycles. The van der Waals surface area contributed by atoms with Gasteiger partial charge in [0.05, 0.1) is 6.42 Å². The Hall–Kier alpha value is -1.88. The molecule has 5 heteroatoms. The first-order valence-corrected chi connectivity index (χ1v) is 6.98. The fraction of sp³-hybridized carbons (Fsp3) is 0.400. The van der Waals surface area contributed by atoms with E-state index in [9.17, 15) is 9.18 Å². The lowest BCUT2D eigenvalue weighted by Crippen LogP contribution is -2.35. The Kier molecular flexibility index (Phi) is 3.69. The number of carbonyl (C=O) groups excluding carboxylic acids is 1. The van der Waals surface area contributed by atoms with E-state index in [0.717, 1.165) is 49.1 Å². The molecule has 2 heterocycles. The topological polar surface area (TPSA) is 48.1 Å². The number of rotatable bonds is 2. The second-order valence-electron chi connectivity index (χ2n) is 5.16. The van der Waals surface area contributed by atoms with Gasteiger partial charge in [0.2, 0.25) is 5.91 Å². The van der Waals surface area contributed by atoms with Crippen LogP contribution in [0.4, 0.5) is 4.39 Å². The molecule has 0 bridgehead atoms. The zero-order valence-corrected chi connectivity index (χ0v) is 11.3. The molecule has 106 valence electrons. The van der Waals surface area contributed by atoms with E-state index in [4.69, 9.17) is 0 Å². The first-order chi connectivity index (χ1) is 9.74. The highest BCUT2D eigenvalue weighted by Crippen LogP contribution is 2.20. The largest absolute Gasteiger partial charge is 0.361 e. The van der Waals surface area contributed by atoms with Crippen LogP contribution in [-0.4, -0.2) is 42.0 Å². The normalized spacial score (nSPS) is 16.4. The zero-order chi connectivity index (χ0) is 13.9. The van der Waals surface area contributed by atoms with E-state index in [-0.39, 0.29) is 11.7 Å². The lowest BCUT2D eigenvalue weighted by atomic mass is 10.1. The molecule has 1 saturated heterocycles. The number of hydrogen-bond acceptors (Lipinski definition) is 2. The van der Waals surface area contributed by atoms with Crippen LogP contribution in [0.15, 0.2) is 24.4 Å². The molecule has 0 spiro atoms. The van der Waals surface area contributed by atoms with Gasteiger partial charge in [-0.2, -0.15) is 0 Å². The van der Waals surface area contributed by atoms with E-state index in [1.54, 1.807) is 12.3 Å². The molecule has 1 aliphatic heterocycles. The van der Waals surface area contributed by atoms with Crippen molar-refractivity contribution in [2.45, 2.75) is 12.8 Å². The number of fused-ring (bicyclic) bond motifs is 1. The van der Waals surface area contributed by atoms with Crippen molar-refractivity contribution in [3.8, 4) is 0 Å². The minimum Gasteiger partial charge on any atom is -0.361 e. The lowest BCUT2D eigenvalue weighted by Gasteiger charge is -2.19. The average molecular weight is 275 g/mol. The van der Waals surface area contributed by atoms with Crippen molar-refractivity contribution in [1.82, 2.24) is 15.2 Å². The van der Waals surface area contributed by atoms with Crippen molar-refractivity contribution in [3.63, 3.8) is 0 Å². The van der Waals surface area contributed by atoms with Crippen molar-refractivity contribution in [1.29, 1.82) is 0 Å². The standard InChI is InChI=1S/C15H18FN3O/c16-12-2-3-14-13(9-12)11(10-18-14)8-15(20)19-6-1-4-17-5-7-19/h2-3,9-10,17-18H,1,4-8H2. The summed E-state index contributed by atoms with van der Waals surface area (Å²) in [7, 11) is 0. The van der Waals surface area contributed by atoms with Gasteiger partial charge in [0.15, 0.2) is 0 Å². The smallest absolute Gasteiger partial charge is 0.227 e. The predicted molar refractivity (Wildman–Crippen MR) is 76.0 cm³/mol. The molecule has 0 unspecified atom stereocenters. The fourth-order valence-corrected chi connectivity index (χ4v) is 2.67. The average Bonchev–Trinajstić information content (AvgIpc) is 2.67. The number of amides is 1. The summed E-state index contributed by atoms with van der Waals surface area (Å²) in [6.45, 7) is 3.34. The summed E-state index contributed by atoms with van der Waals surface area (Å²) in [4.78, 5) is 17.3. The van der Waals surface area contributed by atoms with E-state index in [1.165, 1.54) is 12.1 Å². The van der Waals surface area contributed by atoms with Gasteiger partial charge in [-0.15, -0.1) is 0 Å². The van der Waals surface area contributed by atoms with Crippen LogP contribution in [0.1, 0.15) is 12.0 Å². The van der Waals surface area contributed by atoms with Gasteiger partial charge >= 0.3 is 0 Å². The minimum absolute atomic E-state index is 0.110. The summed E-state index contributed by atoms with van der Waals surface area (Å²) in [5, 5.41) is 4.08. The third-order valence-corrected chi connectivity index (χ3v) is 3.76. The van der Waals surface area contributed by atoms with E-state index < -0.39 is 0 Å². The van der Waals surface area contributed by atoms with Gasteiger partial charge in [-0.1, -0.05) is 0 Å². The molecule has 4 nitrogen and oxygen atoms in total. The Balaban J connectivity index is 1.78. The molecule has 2 N–H and O–H groups in total. The van der Waals surface area contributed by atoms with Crippen molar-refractivity contribution in [2.75, 3.05) is 26.2 Å². The maximum Gasteiger partial charge on any atom is 0.227 e. The number of benzene rings is 1. The van der Waals surface area contributed by atoms with Gasteiger partial charge in [0.1, 0.15) is 5.82 Å². The third kappa shape index (κ3) is 2.67.